The van der Waals surface area contributed by atoms with Crippen molar-refractivity contribution in [1.29, 1.82) is 0 Å². The second-order valence-corrected chi connectivity index (χ2v) is 5.91. The molecule has 0 unspecified atom stereocenters. The van der Waals surface area contributed by atoms with Crippen LogP contribution in [0.25, 0.3) is 0 Å². The van der Waals surface area contributed by atoms with Gasteiger partial charge in [-0.3, -0.25) is 0 Å². The number of hydrogen-bond donors (Lipinski definition) is 2. The lowest BCUT2D eigenvalue weighted by atomic mass is 10.3. The minimum Gasteiger partial charge on any atom is -0.492 e. The third-order valence-corrected chi connectivity index (χ3v) is 3.82. The van der Waals surface area contributed by atoms with Gasteiger partial charge < -0.3 is 10.1 Å². The van der Waals surface area contributed by atoms with E-state index in [4.69, 9.17) is 4.74 Å². The van der Waals surface area contributed by atoms with Crippen molar-refractivity contribution in [3.63, 3.8) is 0 Å². The van der Waals surface area contributed by atoms with Crippen LogP contribution in [0.3, 0.4) is 0 Å². The Bertz CT molecular complexity index is 455. The Morgan fingerprint density at radius 3 is 2.33 bits per heavy atom. The van der Waals surface area contributed by atoms with Crippen LogP contribution in [-0.4, -0.2) is 34.7 Å². The van der Waals surface area contributed by atoms with E-state index in [-0.39, 0.29) is 10.9 Å². The second-order valence-electron chi connectivity index (χ2n) is 4.20. The van der Waals surface area contributed by atoms with Gasteiger partial charge >= 0.3 is 0 Å². The summed E-state index contributed by atoms with van der Waals surface area (Å²) >= 11 is 0. The first-order chi connectivity index (χ1) is 8.45. The first kappa shape index (κ1) is 14.9. The number of nitrogens with one attached hydrogen (secondary N) is 2. The van der Waals surface area contributed by atoms with Gasteiger partial charge in [0.2, 0.25) is 10.0 Å². The van der Waals surface area contributed by atoms with Gasteiger partial charge in [0.15, 0.2) is 0 Å². The van der Waals surface area contributed by atoms with Gasteiger partial charge in [-0.15, -0.1) is 0 Å². The third kappa shape index (κ3) is 4.64. The maximum absolute atomic E-state index is 11.9. The molecule has 1 aromatic rings. The number of benzene rings is 1. The molecule has 0 bridgehead atoms. The van der Waals surface area contributed by atoms with Crippen molar-refractivity contribution in [2.75, 3.05) is 20.2 Å². The van der Waals surface area contributed by atoms with Crippen molar-refractivity contribution < 1.29 is 13.2 Å². The topological polar surface area (TPSA) is 67.4 Å². The summed E-state index contributed by atoms with van der Waals surface area (Å²) in [6.07, 6.45) is 0. The SMILES string of the molecule is CNCCOc1ccc(S(=O)(=O)NC(C)C)cc1. The molecule has 18 heavy (non-hydrogen) atoms. The van der Waals surface area contributed by atoms with Gasteiger partial charge in [-0.25, -0.2) is 13.1 Å². The molecular weight excluding hydrogens is 252 g/mol. The summed E-state index contributed by atoms with van der Waals surface area (Å²) in [6, 6.07) is 6.27. The maximum Gasteiger partial charge on any atom is 0.240 e. The Morgan fingerprint density at radius 2 is 1.83 bits per heavy atom. The Balaban J connectivity index is 2.70. The Labute approximate surface area is 109 Å². The van der Waals surface area contributed by atoms with Crippen molar-refractivity contribution in [3.8, 4) is 5.75 Å². The van der Waals surface area contributed by atoms with Crippen LogP contribution in [0, 0.1) is 0 Å². The van der Waals surface area contributed by atoms with Crippen molar-refractivity contribution in [2.45, 2.75) is 24.8 Å². The third-order valence-electron chi connectivity index (χ3n) is 2.15. The highest BCUT2D eigenvalue weighted by Crippen LogP contribution is 2.15. The van der Waals surface area contributed by atoms with Gasteiger partial charge in [0, 0.05) is 12.6 Å². The first-order valence-electron chi connectivity index (χ1n) is 5.85. The lowest BCUT2D eigenvalue weighted by Crippen LogP contribution is -2.30. The number of ether oxygens (including phenoxy) is 1. The highest BCUT2D eigenvalue weighted by atomic mass is 32.2. The van der Waals surface area contributed by atoms with Crippen LogP contribution in [0.2, 0.25) is 0 Å². The molecule has 102 valence electrons. The number of rotatable bonds is 7. The minimum atomic E-state index is -3.42. The van der Waals surface area contributed by atoms with E-state index >= 15 is 0 Å². The van der Waals surface area contributed by atoms with Crippen LogP contribution in [0.4, 0.5) is 0 Å². The predicted octanol–water partition coefficient (Wildman–Crippen LogP) is 0.971. The monoisotopic (exact) mass is 272 g/mol. The molecule has 0 amide bonds. The molecule has 1 rings (SSSR count). The fourth-order valence-corrected chi connectivity index (χ4v) is 2.62. The second kappa shape index (κ2) is 6.72. The summed E-state index contributed by atoms with van der Waals surface area (Å²) in [5.41, 5.74) is 0. The van der Waals surface area contributed by atoms with Crippen LogP contribution in [0.1, 0.15) is 13.8 Å². The Hall–Kier alpha value is -1.11. The van der Waals surface area contributed by atoms with Crippen LogP contribution >= 0.6 is 0 Å². The van der Waals surface area contributed by atoms with Crippen molar-refractivity contribution in [1.82, 2.24) is 10.0 Å². The first-order valence-corrected chi connectivity index (χ1v) is 7.34. The molecule has 0 radical (unpaired) electrons. The summed E-state index contributed by atoms with van der Waals surface area (Å²) in [7, 11) is -1.58. The zero-order valence-electron chi connectivity index (χ0n) is 10.9. The van der Waals surface area contributed by atoms with Crippen molar-refractivity contribution in [2.24, 2.45) is 0 Å². The molecule has 0 aliphatic carbocycles. The lowest BCUT2D eigenvalue weighted by Gasteiger charge is -2.10. The number of sulfonamides is 1. The quantitative estimate of drug-likeness (QED) is 0.726. The van der Waals surface area contributed by atoms with E-state index in [0.29, 0.717) is 12.4 Å². The molecule has 0 spiro atoms. The summed E-state index contributed by atoms with van der Waals surface area (Å²) in [5, 5.41) is 2.96. The average Bonchev–Trinajstić information content (AvgIpc) is 2.28. The van der Waals surface area contributed by atoms with Crippen LogP contribution in [-0.2, 0) is 10.0 Å². The fraction of sp³-hybridized carbons (Fsp3) is 0.500. The zero-order chi connectivity index (χ0) is 13.6. The standard InChI is InChI=1S/C12H20N2O3S/c1-10(2)14-18(15,16)12-6-4-11(5-7-12)17-9-8-13-3/h4-7,10,13-14H,8-9H2,1-3H3. The van der Waals surface area contributed by atoms with Gasteiger partial charge in [-0.05, 0) is 45.2 Å². The smallest absolute Gasteiger partial charge is 0.240 e. The zero-order valence-corrected chi connectivity index (χ0v) is 11.8. The average molecular weight is 272 g/mol. The van der Waals surface area contributed by atoms with E-state index in [0.717, 1.165) is 6.54 Å². The molecule has 0 aromatic heterocycles. The molecule has 0 saturated carbocycles. The lowest BCUT2D eigenvalue weighted by molar-refractivity contribution is 0.318. The van der Waals surface area contributed by atoms with Crippen molar-refractivity contribution in [3.05, 3.63) is 24.3 Å². The summed E-state index contributed by atoms with van der Waals surface area (Å²) in [5.74, 6) is 0.661. The maximum atomic E-state index is 11.9. The number of hydrogen-bond acceptors (Lipinski definition) is 4. The summed E-state index contributed by atoms with van der Waals surface area (Å²) < 4.78 is 31.7. The van der Waals surface area contributed by atoms with Gasteiger partial charge in [-0.2, -0.15) is 0 Å². The van der Waals surface area contributed by atoms with Crippen LogP contribution in [0.15, 0.2) is 29.2 Å². The molecule has 6 heteroatoms. The molecule has 0 aliphatic rings. The highest BCUT2D eigenvalue weighted by Gasteiger charge is 2.14. The highest BCUT2D eigenvalue weighted by molar-refractivity contribution is 7.89. The van der Waals surface area contributed by atoms with Gasteiger partial charge in [0.1, 0.15) is 12.4 Å². The molecular formula is C12H20N2O3S. The van der Waals surface area contributed by atoms with Crippen LogP contribution < -0.4 is 14.8 Å². The molecule has 0 heterocycles. The normalized spacial score (nSPS) is 11.8. The van der Waals surface area contributed by atoms with E-state index in [2.05, 4.69) is 10.0 Å². The van der Waals surface area contributed by atoms with E-state index < -0.39 is 10.0 Å². The van der Waals surface area contributed by atoms with Gasteiger partial charge in [-0.1, -0.05) is 0 Å². The van der Waals surface area contributed by atoms with Gasteiger partial charge in [0.05, 0.1) is 4.90 Å². The minimum absolute atomic E-state index is 0.124. The van der Waals surface area contributed by atoms with E-state index in [1.807, 2.05) is 7.05 Å². The summed E-state index contributed by atoms with van der Waals surface area (Å²) in [6.45, 7) is 4.86. The molecule has 0 atom stereocenters. The molecule has 0 saturated heterocycles. The van der Waals surface area contributed by atoms with E-state index in [1.165, 1.54) is 0 Å². The largest absolute Gasteiger partial charge is 0.492 e. The van der Waals surface area contributed by atoms with E-state index in [9.17, 15) is 8.42 Å². The molecule has 1 aromatic carbocycles. The fourth-order valence-electron chi connectivity index (χ4n) is 1.36. The van der Waals surface area contributed by atoms with Crippen molar-refractivity contribution >= 4 is 10.0 Å². The molecule has 0 aliphatic heterocycles. The molecule has 5 nitrogen and oxygen atoms in total. The number of likely N-dealkylation sites (N-methyl/N-ethyl adjacent to an activating group) is 1. The Morgan fingerprint density at radius 1 is 1.22 bits per heavy atom. The predicted molar refractivity (Wildman–Crippen MR) is 71.3 cm³/mol. The Kier molecular flexibility index (Phi) is 5.58. The van der Waals surface area contributed by atoms with Gasteiger partial charge in [0.25, 0.3) is 0 Å². The van der Waals surface area contributed by atoms with E-state index in [1.54, 1.807) is 38.1 Å². The molecule has 2 N–H and O–H groups in total. The van der Waals surface area contributed by atoms with Crippen LogP contribution in [0.5, 0.6) is 5.75 Å². The molecule has 0 fully saturated rings. The summed E-state index contributed by atoms with van der Waals surface area (Å²) in [4.78, 5) is 0.247.